The van der Waals surface area contributed by atoms with Crippen LogP contribution in [0.5, 0.6) is 0 Å². The number of nitrogens with zero attached hydrogens (tertiary/aromatic N) is 2. The Kier molecular flexibility index (Phi) is 5.39. The highest BCUT2D eigenvalue weighted by Gasteiger charge is 2.17. The second-order valence-electron chi connectivity index (χ2n) is 5.31. The average Bonchev–Trinajstić information content (AvgIpc) is 2.94. The molecule has 0 radical (unpaired) electrons. The molecule has 19 heavy (non-hydrogen) atoms. The number of aromatic amines is 1. The third-order valence-electron chi connectivity index (χ3n) is 3.84. The Hall–Kier alpha value is -1.36. The van der Waals surface area contributed by atoms with Crippen LogP contribution < -0.4 is 5.32 Å². The van der Waals surface area contributed by atoms with Crippen molar-refractivity contribution in [3.05, 3.63) is 18.0 Å². The van der Waals surface area contributed by atoms with Crippen LogP contribution in [0.2, 0.25) is 0 Å². The second kappa shape index (κ2) is 7.28. The lowest BCUT2D eigenvalue weighted by molar-refractivity contribution is 0.0946. The standard InChI is InChI=1S/C14H24N4O/c1-12-6-2-4-10-18(12)11-5-3-8-15-14(19)13-7-9-16-17-13/h7,9,12H,2-6,8,10-11H2,1H3,(H,15,19)(H,16,17)/t12-/m1/s1. The van der Waals surface area contributed by atoms with Gasteiger partial charge < -0.3 is 10.2 Å². The molecule has 5 nitrogen and oxygen atoms in total. The van der Waals surface area contributed by atoms with Gasteiger partial charge in [0, 0.05) is 18.8 Å². The number of carbonyl (C=O) groups excluding carboxylic acids is 1. The van der Waals surface area contributed by atoms with E-state index in [2.05, 4.69) is 27.3 Å². The van der Waals surface area contributed by atoms with Gasteiger partial charge in [0.2, 0.25) is 0 Å². The first-order valence-electron chi connectivity index (χ1n) is 7.29. The van der Waals surface area contributed by atoms with Gasteiger partial charge in [0.15, 0.2) is 0 Å². The van der Waals surface area contributed by atoms with E-state index in [1.807, 2.05) is 0 Å². The molecule has 1 atom stereocenters. The highest BCUT2D eigenvalue weighted by molar-refractivity contribution is 5.91. The van der Waals surface area contributed by atoms with Crippen molar-refractivity contribution in [1.29, 1.82) is 0 Å². The molecule has 1 saturated heterocycles. The number of carbonyl (C=O) groups is 1. The molecule has 1 amide bonds. The van der Waals surface area contributed by atoms with E-state index in [-0.39, 0.29) is 5.91 Å². The first-order valence-corrected chi connectivity index (χ1v) is 7.29. The van der Waals surface area contributed by atoms with E-state index >= 15 is 0 Å². The SMILES string of the molecule is C[C@@H]1CCCCN1CCCCNC(=O)c1ccn[nH]1. The van der Waals surface area contributed by atoms with E-state index in [0.29, 0.717) is 5.69 Å². The summed E-state index contributed by atoms with van der Waals surface area (Å²) in [7, 11) is 0. The van der Waals surface area contributed by atoms with Crippen LogP contribution in [-0.2, 0) is 0 Å². The summed E-state index contributed by atoms with van der Waals surface area (Å²) >= 11 is 0. The normalized spacial score (nSPS) is 20.4. The topological polar surface area (TPSA) is 61.0 Å². The molecule has 0 bridgehead atoms. The highest BCUT2D eigenvalue weighted by atomic mass is 16.1. The van der Waals surface area contributed by atoms with Gasteiger partial charge in [-0.2, -0.15) is 5.10 Å². The Morgan fingerprint density at radius 2 is 2.42 bits per heavy atom. The van der Waals surface area contributed by atoms with Crippen molar-refractivity contribution < 1.29 is 4.79 Å². The molecular weight excluding hydrogens is 240 g/mol. The molecule has 2 heterocycles. The van der Waals surface area contributed by atoms with E-state index in [0.717, 1.165) is 32.0 Å². The van der Waals surface area contributed by atoms with Gasteiger partial charge in [-0.3, -0.25) is 9.89 Å². The van der Waals surface area contributed by atoms with Gasteiger partial charge in [0.25, 0.3) is 5.91 Å². The minimum absolute atomic E-state index is 0.0659. The van der Waals surface area contributed by atoms with Crippen molar-refractivity contribution in [2.75, 3.05) is 19.6 Å². The highest BCUT2D eigenvalue weighted by Crippen LogP contribution is 2.16. The second-order valence-corrected chi connectivity index (χ2v) is 5.31. The lowest BCUT2D eigenvalue weighted by Crippen LogP contribution is -2.38. The fourth-order valence-electron chi connectivity index (χ4n) is 2.61. The van der Waals surface area contributed by atoms with Crippen LogP contribution in [0, 0.1) is 0 Å². The summed E-state index contributed by atoms with van der Waals surface area (Å²) < 4.78 is 0. The molecular formula is C14H24N4O. The molecule has 2 rings (SSSR count). The zero-order chi connectivity index (χ0) is 13.5. The minimum atomic E-state index is -0.0659. The number of hydrogen-bond donors (Lipinski definition) is 2. The molecule has 0 unspecified atom stereocenters. The summed E-state index contributed by atoms with van der Waals surface area (Å²) in [6.45, 7) is 5.45. The molecule has 1 aliphatic rings. The Morgan fingerprint density at radius 1 is 1.53 bits per heavy atom. The molecule has 0 saturated carbocycles. The first kappa shape index (κ1) is 14.1. The molecule has 1 fully saturated rings. The predicted octanol–water partition coefficient (Wildman–Crippen LogP) is 1.79. The van der Waals surface area contributed by atoms with Crippen LogP contribution >= 0.6 is 0 Å². The van der Waals surface area contributed by atoms with Crippen LogP contribution in [0.15, 0.2) is 12.3 Å². The fourth-order valence-corrected chi connectivity index (χ4v) is 2.61. The molecule has 1 aromatic rings. The van der Waals surface area contributed by atoms with Gasteiger partial charge >= 0.3 is 0 Å². The number of H-pyrrole nitrogens is 1. The van der Waals surface area contributed by atoms with Crippen LogP contribution in [0.3, 0.4) is 0 Å². The lowest BCUT2D eigenvalue weighted by Gasteiger charge is -2.33. The lowest BCUT2D eigenvalue weighted by atomic mass is 10.0. The molecule has 5 heteroatoms. The summed E-state index contributed by atoms with van der Waals surface area (Å²) in [6.07, 6.45) is 7.80. The van der Waals surface area contributed by atoms with E-state index in [1.165, 1.54) is 25.8 Å². The monoisotopic (exact) mass is 264 g/mol. The van der Waals surface area contributed by atoms with Gasteiger partial charge in [0.1, 0.15) is 5.69 Å². The molecule has 1 aromatic heterocycles. The molecule has 106 valence electrons. The van der Waals surface area contributed by atoms with Gasteiger partial charge in [-0.05, 0) is 51.8 Å². The molecule has 0 spiro atoms. The number of nitrogens with one attached hydrogen (secondary N) is 2. The summed E-state index contributed by atoms with van der Waals surface area (Å²) in [4.78, 5) is 14.2. The van der Waals surface area contributed by atoms with Crippen molar-refractivity contribution in [3.63, 3.8) is 0 Å². The van der Waals surface area contributed by atoms with Crippen molar-refractivity contribution in [3.8, 4) is 0 Å². The summed E-state index contributed by atoms with van der Waals surface area (Å²) in [5, 5.41) is 9.33. The van der Waals surface area contributed by atoms with Crippen LogP contribution in [0.1, 0.15) is 49.5 Å². The van der Waals surface area contributed by atoms with E-state index in [4.69, 9.17) is 0 Å². The van der Waals surface area contributed by atoms with E-state index in [1.54, 1.807) is 12.3 Å². The number of rotatable bonds is 6. The molecule has 1 aliphatic heterocycles. The zero-order valence-corrected chi connectivity index (χ0v) is 11.7. The average molecular weight is 264 g/mol. The summed E-state index contributed by atoms with van der Waals surface area (Å²) in [6, 6.07) is 2.42. The van der Waals surface area contributed by atoms with Gasteiger partial charge in [0.05, 0.1) is 0 Å². The van der Waals surface area contributed by atoms with Crippen molar-refractivity contribution >= 4 is 5.91 Å². The number of piperidine rings is 1. The fraction of sp³-hybridized carbons (Fsp3) is 0.714. The number of hydrogen-bond acceptors (Lipinski definition) is 3. The quantitative estimate of drug-likeness (QED) is 0.770. The maximum absolute atomic E-state index is 11.6. The van der Waals surface area contributed by atoms with E-state index < -0.39 is 0 Å². The zero-order valence-electron chi connectivity index (χ0n) is 11.7. The number of unbranched alkanes of at least 4 members (excludes halogenated alkanes) is 1. The maximum atomic E-state index is 11.6. The van der Waals surface area contributed by atoms with Crippen LogP contribution in [-0.4, -0.2) is 46.7 Å². The van der Waals surface area contributed by atoms with Crippen molar-refractivity contribution in [2.45, 2.75) is 45.1 Å². The van der Waals surface area contributed by atoms with Crippen molar-refractivity contribution in [2.24, 2.45) is 0 Å². The maximum Gasteiger partial charge on any atom is 0.269 e. The largest absolute Gasteiger partial charge is 0.351 e. The number of likely N-dealkylation sites (tertiary alicyclic amines) is 1. The Bertz CT molecular complexity index is 377. The summed E-state index contributed by atoms with van der Waals surface area (Å²) in [5.41, 5.74) is 0.532. The Balaban J connectivity index is 1.56. The molecule has 0 aromatic carbocycles. The Morgan fingerprint density at radius 3 is 3.16 bits per heavy atom. The van der Waals surface area contributed by atoms with Crippen LogP contribution in [0.4, 0.5) is 0 Å². The van der Waals surface area contributed by atoms with Crippen molar-refractivity contribution in [1.82, 2.24) is 20.4 Å². The minimum Gasteiger partial charge on any atom is -0.351 e. The smallest absolute Gasteiger partial charge is 0.269 e. The number of aromatic nitrogens is 2. The van der Waals surface area contributed by atoms with Gasteiger partial charge in [-0.1, -0.05) is 6.42 Å². The third-order valence-corrected chi connectivity index (χ3v) is 3.84. The van der Waals surface area contributed by atoms with Gasteiger partial charge in [-0.15, -0.1) is 0 Å². The van der Waals surface area contributed by atoms with Gasteiger partial charge in [-0.25, -0.2) is 0 Å². The predicted molar refractivity (Wildman–Crippen MR) is 75.0 cm³/mol. The van der Waals surface area contributed by atoms with Crippen LogP contribution in [0.25, 0.3) is 0 Å². The molecule has 2 N–H and O–H groups in total. The first-order chi connectivity index (χ1) is 9.27. The molecule has 0 aliphatic carbocycles. The van der Waals surface area contributed by atoms with E-state index in [9.17, 15) is 4.79 Å². The number of amides is 1. The Labute approximate surface area is 114 Å². The summed E-state index contributed by atoms with van der Waals surface area (Å²) in [5.74, 6) is -0.0659. The third kappa shape index (κ3) is 4.35.